The zero-order chi connectivity index (χ0) is 19.7. The lowest BCUT2D eigenvalue weighted by Crippen LogP contribution is -2.37. The molecule has 6 nitrogen and oxygen atoms in total. The van der Waals surface area contributed by atoms with Crippen molar-refractivity contribution in [2.24, 2.45) is 0 Å². The van der Waals surface area contributed by atoms with Crippen molar-refractivity contribution >= 4 is 35.0 Å². The fraction of sp³-hybridized carbons (Fsp3) is 0.143. The first-order valence-electron chi connectivity index (χ1n) is 8.86. The van der Waals surface area contributed by atoms with E-state index in [0.717, 1.165) is 10.6 Å². The molecule has 1 aliphatic heterocycles. The van der Waals surface area contributed by atoms with Gasteiger partial charge in [0.2, 0.25) is 0 Å². The zero-order valence-electron chi connectivity index (χ0n) is 15.4. The predicted molar refractivity (Wildman–Crippen MR) is 109 cm³/mol. The quantitative estimate of drug-likeness (QED) is 0.724. The first-order chi connectivity index (χ1) is 13.5. The third-order valence-corrected chi connectivity index (χ3v) is 5.43. The molecule has 0 aliphatic carbocycles. The Kier molecular flexibility index (Phi) is 4.83. The molecule has 2 aromatic heterocycles. The molecule has 0 saturated carbocycles. The van der Waals surface area contributed by atoms with E-state index in [2.05, 4.69) is 15.3 Å². The van der Waals surface area contributed by atoms with Crippen molar-refractivity contribution < 1.29 is 9.59 Å². The van der Waals surface area contributed by atoms with E-state index in [1.165, 1.54) is 11.8 Å². The minimum atomic E-state index is -0.212. The average Bonchev–Trinajstić information content (AvgIpc) is 2.82. The van der Waals surface area contributed by atoms with Crippen LogP contribution in [-0.2, 0) is 0 Å². The maximum Gasteiger partial charge on any atom is 0.261 e. The highest BCUT2D eigenvalue weighted by atomic mass is 32.2. The minimum Gasteiger partial charge on any atom is -0.322 e. The van der Waals surface area contributed by atoms with Crippen LogP contribution in [0.5, 0.6) is 0 Å². The highest BCUT2D eigenvalue weighted by Gasteiger charge is 2.30. The van der Waals surface area contributed by atoms with Crippen molar-refractivity contribution in [3.63, 3.8) is 0 Å². The van der Waals surface area contributed by atoms with Crippen molar-refractivity contribution in [1.82, 2.24) is 9.97 Å². The van der Waals surface area contributed by atoms with E-state index in [-0.39, 0.29) is 17.9 Å². The highest BCUT2D eigenvalue weighted by molar-refractivity contribution is 7.99. The van der Waals surface area contributed by atoms with Gasteiger partial charge in [-0.25, -0.2) is 4.98 Å². The van der Waals surface area contributed by atoms with E-state index in [9.17, 15) is 9.59 Å². The second-order valence-corrected chi connectivity index (χ2v) is 7.63. The summed E-state index contributed by atoms with van der Waals surface area (Å²) in [6, 6.07) is 12.4. The molecule has 1 aromatic carbocycles. The van der Waals surface area contributed by atoms with Gasteiger partial charge < -0.3 is 10.2 Å². The number of carbonyl (C=O) groups is 2. The molecule has 28 heavy (non-hydrogen) atoms. The van der Waals surface area contributed by atoms with Gasteiger partial charge in [0, 0.05) is 40.8 Å². The Hall–Kier alpha value is -3.19. The van der Waals surface area contributed by atoms with Gasteiger partial charge in [-0.05, 0) is 56.3 Å². The van der Waals surface area contributed by atoms with E-state index in [1.54, 1.807) is 47.8 Å². The number of amides is 2. The fourth-order valence-electron chi connectivity index (χ4n) is 3.07. The van der Waals surface area contributed by atoms with Crippen molar-refractivity contribution in [3.8, 4) is 0 Å². The molecule has 0 atom stereocenters. The van der Waals surface area contributed by atoms with E-state index >= 15 is 0 Å². The summed E-state index contributed by atoms with van der Waals surface area (Å²) in [5, 5.41) is 3.57. The monoisotopic (exact) mass is 390 g/mol. The molecule has 1 aliphatic rings. The number of hydrogen-bond donors (Lipinski definition) is 1. The third kappa shape index (κ3) is 3.36. The van der Waals surface area contributed by atoms with Crippen molar-refractivity contribution in [3.05, 3.63) is 72.2 Å². The molecule has 140 valence electrons. The van der Waals surface area contributed by atoms with Gasteiger partial charge in [-0.15, -0.1) is 0 Å². The SMILES string of the molecule is CC(C)N1C(=O)c2cccnc2Sc2cc(NC(=O)c3ccncc3)ccc21. The second-order valence-electron chi connectivity index (χ2n) is 6.60. The maximum absolute atomic E-state index is 13.1. The molecule has 3 aromatic rings. The van der Waals surface area contributed by atoms with E-state index in [0.29, 0.717) is 21.8 Å². The van der Waals surface area contributed by atoms with Crippen molar-refractivity contribution in [2.45, 2.75) is 29.8 Å². The summed E-state index contributed by atoms with van der Waals surface area (Å²) in [5.74, 6) is -0.283. The molecule has 0 saturated heterocycles. The number of aromatic nitrogens is 2. The standard InChI is InChI=1S/C21H18N4O2S/c1-13(2)25-17-6-5-15(24-19(26)14-7-10-22-11-8-14)12-18(17)28-20-16(21(25)27)4-3-9-23-20/h3-13H,1-2H3,(H,24,26). The number of nitrogens with zero attached hydrogens (tertiary/aromatic N) is 3. The number of benzene rings is 1. The summed E-state index contributed by atoms with van der Waals surface area (Å²) in [6.45, 7) is 3.96. The van der Waals surface area contributed by atoms with Gasteiger partial charge in [-0.2, -0.15) is 0 Å². The molecule has 7 heteroatoms. The predicted octanol–water partition coefficient (Wildman–Crippen LogP) is 4.25. The summed E-state index contributed by atoms with van der Waals surface area (Å²) in [6.07, 6.45) is 4.84. The Morgan fingerprint density at radius 2 is 1.89 bits per heavy atom. The van der Waals surface area contributed by atoms with Crippen LogP contribution in [0.4, 0.5) is 11.4 Å². The number of anilines is 2. The van der Waals surface area contributed by atoms with E-state index < -0.39 is 0 Å². The summed E-state index contributed by atoms with van der Waals surface area (Å²) in [5.41, 5.74) is 2.58. The Balaban J connectivity index is 1.73. The van der Waals surface area contributed by atoms with E-state index in [4.69, 9.17) is 0 Å². The Bertz CT molecular complexity index is 1050. The maximum atomic E-state index is 13.1. The molecule has 2 amide bonds. The van der Waals surface area contributed by atoms with Crippen LogP contribution in [0.25, 0.3) is 0 Å². The number of pyridine rings is 2. The molecule has 0 radical (unpaired) electrons. The van der Waals surface area contributed by atoms with Crippen LogP contribution in [0.1, 0.15) is 34.6 Å². The lowest BCUT2D eigenvalue weighted by atomic mass is 10.1. The Morgan fingerprint density at radius 3 is 2.64 bits per heavy atom. The van der Waals surface area contributed by atoms with Crippen molar-refractivity contribution in [1.29, 1.82) is 0 Å². The third-order valence-electron chi connectivity index (χ3n) is 4.36. The largest absolute Gasteiger partial charge is 0.322 e. The highest BCUT2D eigenvalue weighted by Crippen LogP contribution is 2.42. The van der Waals surface area contributed by atoms with Crippen LogP contribution in [0.3, 0.4) is 0 Å². The van der Waals surface area contributed by atoms with Crippen LogP contribution >= 0.6 is 11.8 Å². The van der Waals surface area contributed by atoms with Crippen molar-refractivity contribution in [2.75, 3.05) is 10.2 Å². The van der Waals surface area contributed by atoms with Gasteiger partial charge >= 0.3 is 0 Å². The lowest BCUT2D eigenvalue weighted by molar-refractivity contribution is 0.0975. The molecule has 0 spiro atoms. The Morgan fingerprint density at radius 1 is 1.11 bits per heavy atom. The topological polar surface area (TPSA) is 75.2 Å². The zero-order valence-corrected chi connectivity index (χ0v) is 16.2. The number of nitrogens with one attached hydrogen (secondary N) is 1. The molecule has 3 heterocycles. The molecule has 0 bridgehead atoms. The summed E-state index contributed by atoms with van der Waals surface area (Å²) in [7, 11) is 0. The molecule has 0 unspecified atom stereocenters. The van der Waals surface area contributed by atoms with Gasteiger partial charge in [0.05, 0.1) is 11.3 Å². The van der Waals surface area contributed by atoms with Crippen LogP contribution in [0.15, 0.2) is 71.0 Å². The van der Waals surface area contributed by atoms with Gasteiger partial charge in [0.15, 0.2) is 0 Å². The summed E-state index contributed by atoms with van der Waals surface area (Å²) in [4.78, 5) is 36.5. The second kappa shape index (κ2) is 7.44. The number of rotatable bonds is 3. The van der Waals surface area contributed by atoms with Gasteiger partial charge in [0.1, 0.15) is 5.03 Å². The Labute approximate surface area is 167 Å². The first-order valence-corrected chi connectivity index (χ1v) is 9.68. The van der Waals surface area contributed by atoms with Crippen LogP contribution in [0, 0.1) is 0 Å². The average molecular weight is 390 g/mol. The molecule has 1 N–H and O–H groups in total. The molecule has 4 rings (SSSR count). The first kappa shape index (κ1) is 18.2. The van der Waals surface area contributed by atoms with Gasteiger partial charge in [-0.1, -0.05) is 11.8 Å². The van der Waals surface area contributed by atoms with Crippen LogP contribution in [0.2, 0.25) is 0 Å². The number of hydrogen-bond acceptors (Lipinski definition) is 5. The number of fused-ring (bicyclic) bond motifs is 2. The fourth-order valence-corrected chi connectivity index (χ4v) is 4.11. The minimum absolute atomic E-state index is 0.0183. The molecular formula is C21H18N4O2S. The van der Waals surface area contributed by atoms with Gasteiger partial charge in [-0.3, -0.25) is 14.6 Å². The summed E-state index contributed by atoms with van der Waals surface area (Å²) < 4.78 is 0. The lowest BCUT2D eigenvalue weighted by Gasteiger charge is -2.27. The normalized spacial score (nSPS) is 13.0. The van der Waals surface area contributed by atoms with Crippen LogP contribution < -0.4 is 10.2 Å². The number of carbonyl (C=O) groups excluding carboxylic acids is 2. The smallest absolute Gasteiger partial charge is 0.261 e. The van der Waals surface area contributed by atoms with E-state index in [1.807, 2.05) is 32.0 Å². The summed E-state index contributed by atoms with van der Waals surface area (Å²) >= 11 is 1.43. The molecule has 0 fully saturated rings. The van der Waals surface area contributed by atoms with Crippen LogP contribution in [-0.4, -0.2) is 27.8 Å². The molecular weight excluding hydrogens is 372 g/mol. The van der Waals surface area contributed by atoms with Gasteiger partial charge in [0.25, 0.3) is 11.8 Å².